The summed E-state index contributed by atoms with van der Waals surface area (Å²) < 4.78 is 0. The van der Waals surface area contributed by atoms with Crippen LogP contribution in [0, 0.1) is 0 Å². The zero-order chi connectivity index (χ0) is 15.2. The average molecular weight is 287 g/mol. The molecule has 6 nitrogen and oxygen atoms in total. The standard InChI is InChI=1S/C15H21N5O/c1-3-6-11-13(16)14(20-19-11)15(21)18-9-12-10(4-2)7-5-8-17-12/h5,7-8H,3-4,6,9,16H2,1-2H3,(H,18,21)(H,19,20). The maximum atomic E-state index is 12.2. The molecule has 0 aliphatic rings. The Hall–Kier alpha value is -2.37. The molecule has 0 radical (unpaired) electrons. The number of anilines is 1. The van der Waals surface area contributed by atoms with Crippen molar-refractivity contribution in [1.29, 1.82) is 0 Å². The van der Waals surface area contributed by atoms with Gasteiger partial charge < -0.3 is 11.1 Å². The molecule has 2 aromatic rings. The molecule has 0 bridgehead atoms. The van der Waals surface area contributed by atoms with Crippen LogP contribution < -0.4 is 11.1 Å². The predicted octanol–water partition coefficient (Wildman–Crippen LogP) is 1.83. The third-order valence-electron chi connectivity index (χ3n) is 3.38. The van der Waals surface area contributed by atoms with Crippen molar-refractivity contribution in [3.8, 4) is 0 Å². The van der Waals surface area contributed by atoms with Gasteiger partial charge in [0.15, 0.2) is 5.69 Å². The molecule has 0 aromatic carbocycles. The number of aromatic nitrogens is 3. The van der Waals surface area contributed by atoms with Gasteiger partial charge in [0.25, 0.3) is 5.91 Å². The van der Waals surface area contributed by atoms with Crippen LogP contribution in [-0.4, -0.2) is 21.1 Å². The summed E-state index contributed by atoms with van der Waals surface area (Å²) in [5.74, 6) is -0.279. The summed E-state index contributed by atoms with van der Waals surface area (Å²) >= 11 is 0. The Kier molecular flexibility index (Phi) is 4.92. The number of rotatable bonds is 6. The first kappa shape index (κ1) is 15.0. The highest BCUT2D eigenvalue weighted by atomic mass is 16.1. The lowest BCUT2D eigenvalue weighted by Gasteiger charge is -2.07. The lowest BCUT2D eigenvalue weighted by Crippen LogP contribution is -2.25. The number of aromatic amines is 1. The normalized spacial score (nSPS) is 10.6. The fraction of sp³-hybridized carbons (Fsp3) is 0.400. The summed E-state index contributed by atoms with van der Waals surface area (Å²) in [6, 6.07) is 3.91. The fourth-order valence-corrected chi connectivity index (χ4v) is 2.20. The van der Waals surface area contributed by atoms with Gasteiger partial charge in [-0.1, -0.05) is 26.3 Å². The van der Waals surface area contributed by atoms with Gasteiger partial charge in [0.05, 0.1) is 23.6 Å². The number of carbonyl (C=O) groups is 1. The summed E-state index contributed by atoms with van der Waals surface area (Å²) in [7, 11) is 0. The topological polar surface area (TPSA) is 96.7 Å². The molecule has 0 fully saturated rings. The van der Waals surface area contributed by atoms with E-state index in [1.54, 1.807) is 6.20 Å². The van der Waals surface area contributed by atoms with Crippen molar-refractivity contribution in [2.45, 2.75) is 39.7 Å². The largest absolute Gasteiger partial charge is 0.395 e. The molecule has 0 aliphatic carbocycles. The third kappa shape index (κ3) is 3.39. The number of hydrogen-bond acceptors (Lipinski definition) is 4. The molecule has 1 amide bonds. The Morgan fingerprint density at radius 2 is 2.24 bits per heavy atom. The number of amides is 1. The lowest BCUT2D eigenvalue weighted by atomic mass is 10.1. The Labute approximate surface area is 124 Å². The van der Waals surface area contributed by atoms with Gasteiger partial charge in [0.1, 0.15) is 0 Å². The van der Waals surface area contributed by atoms with Gasteiger partial charge in [-0.15, -0.1) is 0 Å². The first-order chi connectivity index (χ1) is 10.2. The summed E-state index contributed by atoms with van der Waals surface area (Å²) in [6.07, 6.45) is 4.33. The average Bonchev–Trinajstić information content (AvgIpc) is 2.87. The number of nitrogens with one attached hydrogen (secondary N) is 2. The molecule has 0 unspecified atom stereocenters. The fourth-order valence-electron chi connectivity index (χ4n) is 2.20. The molecular formula is C15H21N5O. The number of nitrogens with two attached hydrogens (primary N) is 1. The van der Waals surface area contributed by atoms with E-state index in [2.05, 4.69) is 27.4 Å². The van der Waals surface area contributed by atoms with E-state index in [9.17, 15) is 4.79 Å². The Morgan fingerprint density at radius 1 is 1.43 bits per heavy atom. The highest BCUT2D eigenvalue weighted by Gasteiger charge is 2.16. The van der Waals surface area contributed by atoms with Crippen molar-refractivity contribution in [3.05, 3.63) is 41.0 Å². The maximum Gasteiger partial charge on any atom is 0.274 e. The van der Waals surface area contributed by atoms with E-state index in [4.69, 9.17) is 5.73 Å². The maximum absolute atomic E-state index is 12.2. The Balaban J connectivity index is 2.05. The molecule has 0 spiro atoms. The van der Waals surface area contributed by atoms with Gasteiger partial charge in [0, 0.05) is 6.20 Å². The molecule has 2 aromatic heterocycles. The molecule has 2 rings (SSSR count). The van der Waals surface area contributed by atoms with Crippen molar-refractivity contribution in [2.75, 3.05) is 5.73 Å². The number of hydrogen-bond donors (Lipinski definition) is 3. The van der Waals surface area contributed by atoms with E-state index >= 15 is 0 Å². The second-order valence-corrected chi connectivity index (χ2v) is 4.86. The highest BCUT2D eigenvalue weighted by Crippen LogP contribution is 2.15. The van der Waals surface area contributed by atoms with Gasteiger partial charge in [-0.05, 0) is 24.5 Å². The van der Waals surface area contributed by atoms with Crippen molar-refractivity contribution in [2.24, 2.45) is 0 Å². The molecular weight excluding hydrogens is 266 g/mol. The Bertz CT molecular complexity index is 620. The van der Waals surface area contributed by atoms with Crippen LogP contribution in [0.15, 0.2) is 18.3 Å². The molecule has 0 saturated heterocycles. The lowest BCUT2D eigenvalue weighted by molar-refractivity contribution is 0.0946. The van der Waals surface area contributed by atoms with Crippen molar-refractivity contribution >= 4 is 11.6 Å². The van der Waals surface area contributed by atoms with Crippen LogP contribution in [0.4, 0.5) is 5.69 Å². The molecule has 0 aliphatic heterocycles. The first-order valence-electron chi connectivity index (χ1n) is 7.21. The van der Waals surface area contributed by atoms with Crippen LogP contribution in [0.5, 0.6) is 0 Å². The number of nitrogen functional groups attached to an aromatic ring is 1. The molecule has 4 N–H and O–H groups in total. The molecule has 21 heavy (non-hydrogen) atoms. The molecule has 2 heterocycles. The second kappa shape index (κ2) is 6.88. The third-order valence-corrected chi connectivity index (χ3v) is 3.38. The predicted molar refractivity (Wildman–Crippen MR) is 81.8 cm³/mol. The summed E-state index contributed by atoms with van der Waals surface area (Å²) in [4.78, 5) is 16.5. The zero-order valence-electron chi connectivity index (χ0n) is 12.4. The minimum atomic E-state index is -0.279. The molecule has 112 valence electrons. The number of nitrogens with zero attached hydrogens (tertiary/aromatic N) is 2. The summed E-state index contributed by atoms with van der Waals surface area (Å²) in [5, 5.41) is 9.65. The van der Waals surface area contributed by atoms with Crippen LogP contribution in [0.1, 0.15) is 47.7 Å². The number of pyridine rings is 1. The smallest absolute Gasteiger partial charge is 0.274 e. The van der Waals surface area contributed by atoms with E-state index in [0.29, 0.717) is 12.2 Å². The van der Waals surface area contributed by atoms with Crippen LogP contribution in [0.3, 0.4) is 0 Å². The van der Waals surface area contributed by atoms with Crippen molar-refractivity contribution in [3.63, 3.8) is 0 Å². The van der Waals surface area contributed by atoms with Crippen LogP contribution >= 0.6 is 0 Å². The quantitative estimate of drug-likeness (QED) is 0.755. The number of H-pyrrole nitrogens is 1. The van der Waals surface area contributed by atoms with E-state index < -0.39 is 0 Å². The van der Waals surface area contributed by atoms with Gasteiger partial charge in [-0.2, -0.15) is 5.10 Å². The van der Waals surface area contributed by atoms with Gasteiger partial charge in [0.2, 0.25) is 0 Å². The highest BCUT2D eigenvalue weighted by molar-refractivity contribution is 5.97. The van der Waals surface area contributed by atoms with E-state index in [1.807, 2.05) is 19.1 Å². The molecule has 6 heteroatoms. The van der Waals surface area contributed by atoms with E-state index in [0.717, 1.165) is 36.2 Å². The minimum Gasteiger partial charge on any atom is -0.395 e. The van der Waals surface area contributed by atoms with E-state index in [-0.39, 0.29) is 11.6 Å². The minimum absolute atomic E-state index is 0.257. The zero-order valence-corrected chi connectivity index (χ0v) is 12.4. The van der Waals surface area contributed by atoms with Crippen molar-refractivity contribution < 1.29 is 4.79 Å². The summed E-state index contributed by atoms with van der Waals surface area (Å²) in [5.41, 5.74) is 9.45. The van der Waals surface area contributed by atoms with Gasteiger partial charge >= 0.3 is 0 Å². The first-order valence-corrected chi connectivity index (χ1v) is 7.21. The molecule has 0 atom stereocenters. The Morgan fingerprint density at radius 3 is 2.95 bits per heavy atom. The number of aryl methyl sites for hydroxylation is 2. The van der Waals surface area contributed by atoms with Gasteiger partial charge in [-0.3, -0.25) is 14.9 Å². The van der Waals surface area contributed by atoms with E-state index in [1.165, 1.54) is 0 Å². The monoisotopic (exact) mass is 287 g/mol. The SMILES string of the molecule is CCCc1[nH]nc(C(=O)NCc2ncccc2CC)c1N. The van der Waals surface area contributed by atoms with Crippen molar-refractivity contribution in [1.82, 2.24) is 20.5 Å². The molecule has 0 saturated carbocycles. The van der Waals surface area contributed by atoms with Crippen LogP contribution in [0.25, 0.3) is 0 Å². The summed E-state index contributed by atoms with van der Waals surface area (Å²) in [6.45, 7) is 4.48. The van der Waals surface area contributed by atoms with Gasteiger partial charge in [-0.25, -0.2) is 0 Å². The number of carbonyl (C=O) groups excluding carboxylic acids is 1. The van der Waals surface area contributed by atoms with Crippen LogP contribution in [0.2, 0.25) is 0 Å². The second-order valence-electron chi connectivity index (χ2n) is 4.86. The van der Waals surface area contributed by atoms with Crippen LogP contribution in [-0.2, 0) is 19.4 Å².